The van der Waals surface area contributed by atoms with Gasteiger partial charge in [0.15, 0.2) is 0 Å². The molecule has 88 valence electrons. The molecule has 0 amide bonds. The van der Waals surface area contributed by atoms with Crippen LogP contribution in [0.3, 0.4) is 0 Å². The van der Waals surface area contributed by atoms with Gasteiger partial charge in [-0.2, -0.15) is 0 Å². The number of hydrogen-bond donors (Lipinski definition) is 2. The first kappa shape index (κ1) is 11.6. The highest BCUT2D eigenvalue weighted by atomic mass is 16.4. The van der Waals surface area contributed by atoms with Gasteiger partial charge in [0.2, 0.25) is 0 Å². The molecule has 0 saturated carbocycles. The van der Waals surface area contributed by atoms with Gasteiger partial charge in [-0.05, 0) is 16.7 Å². The zero-order valence-corrected chi connectivity index (χ0v) is 9.32. The van der Waals surface area contributed by atoms with Crippen LogP contribution in [0.15, 0.2) is 60.6 Å². The molecule has 0 aromatic heterocycles. The van der Waals surface area contributed by atoms with Gasteiger partial charge in [-0.1, -0.05) is 66.6 Å². The van der Waals surface area contributed by atoms with Crippen molar-refractivity contribution in [1.82, 2.24) is 0 Å². The van der Waals surface area contributed by atoms with Crippen LogP contribution in [0, 0.1) is 0 Å². The molecule has 0 fully saturated rings. The van der Waals surface area contributed by atoms with Crippen molar-refractivity contribution in [2.75, 3.05) is 0 Å². The first-order chi connectivity index (χ1) is 8.25. The van der Waals surface area contributed by atoms with E-state index in [1.807, 2.05) is 42.5 Å². The van der Waals surface area contributed by atoms with Crippen LogP contribution in [0.1, 0.15) is 8.42 Å². The summed E-state index contributed by atoms with van der Waals surface area (Å²) in [4.78, 5) is 0. The zero-order valence-electron chi connectivity index (χ0n) is 9.32. The van der Waals surface area contributed by atoms with Gasteiger partial charge in [0, 0.05) is 2.85 Å². The van der Waals surface area contributed by atoms with E-state index < -0.39 is 7.12 Å². The molecule has 0 aliphatic rings. The highest BCUT2D eigenvalue weighted by Gasteiger charge is 1.99. The van der Waals surface area contributed by atoms with E-state index in [0.29, 0.717) is 0 Å². The minimum atomic E-state index is -1.40. The van der Waals surface area contributed by atoms with Crippen LogP contribution in [0.4, 0.5) is 0 Å². The lowest BCUT2D eigenvalue weighted by Gasteiger charge is -2.01. The second-order valence-electron chi connectivity index (χ2n) is 3.76. The lowest BCUT2D eigenvalue weighted by atomic mass is 9.90. The van der Waals surface area contributed by atoms with Crippen LogP contribution in [0.5, 0.6) is 0 Å². The van der Waals surface area contributed by atoms with Crippen LogP contribution < -0.4 is 0 Å². The van der Waals surface area contributed by atoms with Gasteiger partial charge >= 0.3 is 7.12 Å². The summed E-state index contributed by atoms with van der Waals surface area (Å²) in [5, 5.41) is 17.4. The SMILES string of the molecule is OB(O)/C=C/c1ccc(-c2ccccc2)cc1.[HH].[HH]. The van der Waals surface area contributed by atoms with E-state index >= 15 is 0 Å². The highest BCUT2D eigenvalue weighted by molar-refractivity contribution is 6.48. The Hall–Kier alpha value is -1.84. The summed E-state index contributed by atoms with van der Waals surface area (Å²) in [5.41, 5.74) is 3.26. The molecular weight excluding hydrogens is 211 g/mol. The summed E-state index contributed by atoms with van der Waals surface area (Å²) in [6, 6.07) is 18.0. The van der Waals surface area contributed by atoms with Gasteiger partial charge in [-0.3, -0.25) is 0 Å². The zero-order chi connectivity index (χ0) is 12.1. The molecular formula is C14H17BO2. The molecule has 2 nitrogen and oxygen atoms in total. The predicted molar refractivity (Wildman–Crippen MR) is 75.3 cm³/mol. The molecule has 2 N–H and O–H groups in total. The molecule has 0 saturated heterocycles. The third-order valence-corrected chi connectivity index (χ3v) is 2.48. The maximum atomic E-state index is 8.72. The lowest BCUT2D eigenvalue weighted by molar-refractivity contribution is 0.424. The van der Waals surface area contributed by atoms with Gasteiger partial charge in [0.25, 0.3) is 0 Å². The Bertz CT molecular complexity index is 499. The lowest BCUT2D eigenvalue weighted by Crippen LogP contribution is -2.05. The van der Waals surface area contributed by atoms with E-state index in [0.717, 1.165) is 11.1 Å². The van der Waals surface area contributed by atoms with Gasteiger partial charge in [-0.25, -0.2) is 0 Å². The van der Waals surface area contributed by atoms with E-state index in [2.05, 4.69) is 12.1 Å². The van der Waals surface area contributed by atoms with E-state index in [1.54, 1.807) is 6.08 Å². The molecule has 2 aromatic carbocycles. The largest absolute Gasteiger partial charge is 0.480 e. The van der Waals surface area contributed by atoms with Crippen molar-refractivity contribution in [3.8, 4) is 11.1 Å². The Morgan fingerprint density at radius 2 is 1.41 bits per heavy atom. The Morgan fingerprint density at radius 3 is 2.00 bits per heavy atom. The maximum absolute atomic E-state index is 8.72. The second kappa shape index (κ2) is 5.48. The van der Waals surface area contributed by atoms with E-state index in [9.17, 15) is 0 Å². The molecule has 2 aromatic rings. The minimum absolute atomic E-state index is 0. The van der Waals surface area contributed by atoms with Gasteiger partial charge in [0.1, 0.15) is 0 Å². The average molecular weight is 228 g/mol. The maximum Gasteiger partial charge on any atom is 0.480 e. The molecule has 0 aliphatic heterocycles. The first-order valence-electron chi connectivity index (χ1n) is 5.45. The Morgan fingerprint density at radius 1 is 0.824 bits per heavy atom. The molecule has 0 aliphatic carbocycles. The van der Waals surface area contributed by atoms with Crippen LogP contribution in [-0.4, -0.2) is 17.2 Å². The number of benzene rings is 2. The summed E-state index contributed by atoms with van der Waals surface area (Å²) < 4.78 is 0. The van der Waals surface area contributed by atoms with E-state index in [4.69, 9.17) is 10.0 Å². The molecule has 0 atom stereocenters. The van der Waals surface area contributed by atoms with Crippen LogP contribution >= 0.6 is 0 Å². The molecule has 0 unspecified atom stereocenters. The van der Waals surface area contributed by atoms with Gasteiger partial charge in [-0.15, -0.1) is 0 Å². The monoisotopic (exact) mass is 228 g/mol. The van der Waals surface area contributed by atoms with Crippen molar-refractivity contribution in [1.29, 1.82) is 0 Å². The number of hydrogen-bond acceptors (Lipinski definition) is 2. The Balaban J connectivity index is 0.00000162. The first-order valence-corrected chi connectivity index (χ1v) is 5.45. The van der Waals surface area contributed by atoms with Crippen molar-refractivity contribution >= 4 is 13.2 Å². The summed E-state index contributed by atoms with van der Waals surface area (Å²) in [5.74, 6) is 1.33. The molecule has 0 radical (unpaired) electrons. The summed E-state index contributed by atoms with van der Waals surface area (Å²) in [7, 11) is -1.40. The van der Waals surface area contributed by atoms with Gasteiger partial charge in [0.05, 0.1) is 0 Å². The molecule has 0 bridgehead atoms. The third-order valence-electron chi connectivity index (χ3n) is 2.48. The minimum Gasteiger partial charge on any atom is -0.424 e. The number of rotatable bonds is 3. The Labute approximate surface area is 104 Å². The van der Waals surface area contributed by atoms with Crippen molar-refractivity contribution in [3.63, 3.8) is 0 Å². The van der Waals surface area contributed by atoms with Crippen molar-refractivity contribution in [3.05, 3.63) is 66.1 Å². The Kier molecular flexibility index (Phi) is 3.75. The standard InChI is InChI=1S/C14H13BO2.2H2/c16-15(17)11-10-12-6-8-14(9-7-12)13-4-2-1-3-5-13;;/h1-11,16-17H;2*1H/b11-10+;;. The van der Waals surface area contributed by atoms with Crippen molar-refractivity contribution in [2.45, 2.75) is 0 Å². The fourth-order valence-corrected chi connectivity index (χ4v) is 1.61. The summed E-state index contributed by atoms with van der Waals surface area (Å²) in [6.07, 6.45) is 1.68. The third kappa shape index (κ3) is 3.31. The van der Waals surface area contributed by atoms with Crippen molar-refractivity contribution in [2.24, 2.45) is 0 Å². The molecule has 3 heteroatoms. The van der Waals surface area contributed by atoms with Crippen LogP contribution in [-0.2, 0) is 0 Å². The normalized spacial score (nSPS) is 10.7. The van der Waals surface area contributed by atoms with E-state index in [-0.39, 0.29) is 2.85 Å². The average Bonchev–Trinajstić information content (AvgIpc) is 2.38. The summed E-state index contributed by atoms with van der Waals surface area (Å²) in [6.45, 7) is 0. The molecule has 0 heterocycles. The quantitative estimate of drug-likeness (QED) is 0.793. The van der Waals surface area contributed by atoms with Crippen LogP contribution in [0.2, 0.25) is 0 Å². The molecule has 2 rings (SSSR count). The smallest absolute Gasteiger partial charge is 0.424 e. The van der Waals surface area contributed by atoms with Gasteiger partial charge < -0.3 is 10.0 Å². The van der Waals surface area contributed by atoms with Crippen LogP contribution in [0.25, 0.3) is 17.2 Å². The summed E-state index contributed by atoms with van der Waals surface area (Å²) >= 11 is 0. The molecule has 0 spiro atoms. The van der Waals surface area contributed by atoms with E-state index in [1.165, 1.54) is 11.5 Å². The molecule has 17 heavy (non-hydrogen) atoms. The predicted octanol–water partition coefficient (Wildman–Crippen LogP) is 2.87. The highest BCUT2D eigenvalue weighted by Crippen LogP contribution is 2.19. The van der Waals surface area contributed by atoms with Crippen molar-refractivity contribution < 1.29 is 12.9 Å². The fourth-order valence-electron chi connectivity index (χ4n) is 1.61. The fraction of sp³-hybridized carbons (Fsp3) is 0. The topological polar surface area (TPSA) is 40.5 Å². The second-order valence-corrected chi connectivity index (χ2v) is 3.76.